The van der Waals surface area contributed by atoms with Crippen molar-refractivity contribution in [2.45, 2.75) is 57.3 Å². The highest BCUT2D eigenvalue weighted by atomic mass is 32.2. The molecule has 15 nitrogen and oxygen atoms in total. The molecule has 1 atom stereocenters. The van der Waals surface area contributed by atoms with Crippen LogP contribution in [0.4, 0.5) is 4.79 Å². The topological polar surface area (TPSA) is 181 Å². The summed E-state index contributed by atoms with van der Waals surface area (Å²) in [6.45, 7) is 5.38. The number of rotatable bonds is 19. The Morgan fingerprint density at radius 3 is 2.39 bits per heavy atom. The van der Waals surface area contributed by atoms with Crippen LogP contribution in [0.15, 0.2) is 91.0 Å². The molecule has 318 valence electrons. The first-order valence-corrected chi connectivity index (χ1v) is 22.4. The van der Waals surface area contributed by atoms with Crippen LogP contribution in [0.25, 0.3) is 33.5 Å². The molecule has 2 amide bonds. The zero-order valence-corrected chi connectivity index (χ0v) is 36.1. The number of thioether (sulfide) groups is 2. The molecule has 0 radical (unpaired) electrons. The molecule has 0 spiro atoms. The van der Waals surface area contributed by atoms with E-state index in [0.717, 1.165) is 80.9 Å². The summed E-state index contributed by atoms with van der Waals surface area (Å²) >= 11 is 2.68. The fourth-order valence-electron chi connectivity index (χ4n) is 7.28. The summed E-state index contributed by atoms with van der Waals surface area (Å²) in [6, 6.07) is 29.6. The van der Waals surface area contributed by atoms with E-state index in [1.807, 2.05) is 89.8 Å². The van der Waals surface area contributed by atoms with E-state index >= 15 is 0 Å². The monoisotopic (exact) mass is 871 g/mol. The number of aryl methyl sites for hydroxylation is 2. The van der Waals surface area contributed by atoms with Gasteiger partial charge in [0.2, 0.25) is 11.7 Å². The van der Waals surface area contributed by atoms with Crippen molar-refractivity contribution in [3.8, 4) is 34.0 Å². The first-order chi connectivity index (χ1) is 30.3. The summed E-state index contributed by atoms with van der Waals surface area (Å²) in [5, 5.41) is 16.2. The normalized spacial score (nSPS) is 13.8. The number of nitrogens with zero attached hydrogens (tertiary/aromatic N) is 7. The van der Waals surface area contributed by atoms with Crippen LogP contribution >= 0.6 is 23.5 Å². The molecule has 62 heavy (non-hydrogen) atoms. The highest BCUT2D eigenvalue weighted by molar-refractivity contribution is 8.15. The van der Waals surface area contributed by atoms with Crippen LogP contribution < -0.4 is 14.8 Å². The van der Waals surface area contributed by atoms with Gasteiger partial charge in [-0.2, -0.15) is 17.0 Å². The number of esters is 1. The number of H-pyrrole nitrogens is 1. The van der Waals surface area contributed by atoms with Crippen molar-refractivity contribution in [3.63, 3.8) is 0 Å². The minimum atomic E-state index is -0.411. The first kappa shape index (κ1) is 42.2. The molecule has 1 saturated heterocycles. The van der Waals surface area contributed by atoms with Crippen LogP contribution in [0.3, 0.4) is 0 Å². The SMILES string of the molecule is CCCc1nc(CSCCOc2ccc3nc(COc4ccc(CC5SC(=O)NC5=O)cc4)n(C)c3c2)c(C(=O)OCC)n1Cc1ccc(-c2ccccc2-c2nn[nH]n2)cc1. The Labute approximate surface area is 366 Å². The molecule has 4 heterocycles. The van der Waals surface area contributed by atoms with Crippen LogP contribution in [0, 0.1) is 0 Å². The molecule has 1 aliphatic rings. The highest BCUT2D eigenvalue weighted by Crippen LogP contribution is 2.31. The number of amides is 2. The number of hydrogen-bond donors (Lipinski definition) is 2. The molecule has 7 aromatic rings. The number of hydrogen-bond acceptors (Lipinski definition) is 13. The number of carbonyl (C=O) groups excluding carboxylic acids is 3. The standard InChI is InChI=1S/C45H45N9O6S2/c1-4-8-39-47-36(41(44(56)58-5-2)54(39)25-29-11-15-30(16-12-29)33-9-6-7-10-34(33)42-49-51-52-50-42)27-61-22-21-59-32-19-20-35-37(24-32)53(3)40(46-35)26-60-31-17-13-28(14-18-31)23-38-43(55)48-45(57)62-38/h6-7,9-20,24,38H,4-5,8,21-23,25-27H2,1-3H3,(H,48,55,57)(H,49,50,51,52). The second-order valence-corrected chi connectivity index (χ2v) is 16.8. The lowest BCUT2D eigenvalue weighted by Crippen LogP contribution is -2.25. The third-order valence-electron chi connectivity index (χ3n) is 10.3. The van der Waals surface area contributed by atoms with E-state index in [-0.39, 0.29) is 30.3 Å². The largest absolute Gasteiger partial charge is 0.493 e. The minimum Gasteiger partial charge on any atom is -0.493 e. The van der Waals surface area contributed by atoms with Crippen molar-refractivity contribution in [1.82, 2.24) is 45.0 Å². The molecule has 1 fully saturated rings. The van der Waals surface area contributed by atoms with Crippen molar-refractivity contribution in [1.29, 1.82) is 0 Å². The Kier molecular flexibility index (Phi) is 13.3. The highest BCUT2D eigenvalue weighted by Gasteiger charge is 2.31. The van der Waals surface area contributed by atoms with Gasteiger partial charge in [-0.15, -0.1) is 10.2 Å². The average molecular weight is 872 g/mol. The predicted octanol–water partition coefficient (Wildman–Crippen LogP) is 7.58. The summed E-state index contributed by atoms with van der Waals surface area (Å²) in [6.07, 6.45) is 2.07. The Morgan fingerprint density at radius 1 is 0.887 bits per heavy atom. The van der Waals surface area contributed by atoms with Crippen LogP contribution in [-0.4, -0.2) is 81.1 Å². The maximum atomic E-state index is 13.5. The van der Waals surface area contributed by atoms with E-state index in [0.29, 0.717) is 54.0 Å². The van der Waals surface area contributed by atoms with Crippen LogP contribution in [-0.2, 0) is 48.3 Å². The summed E-state index contributed by atoms with van der Waals surface area (Å²) in [7, 11) is 1.95. The maximum absolute atomic E-state index is 13.5. The van der Waals surface area contributed by atoms with E-state index in [9.17, 15) is 14.4 Å². The molecule has 0 aliphatic carbocycles. The number of aromatic amines is 1. The lowest BCUT2D eigenvalue weighted by Gasteiger charge is -2.13. The van der Waals surface area contributed by atoms with Crippen molar-refractivity contribution >= 4 is 51.7 Å². The van der Waals surface area contributed by atoms with Gasteiger partial charge in [0.1, 0.15) is 29.8 Å². The van der Waals surface area contributed by atoms with Crippen molar-refractivity contribution in [2.75, 3.05) is 19.0 Å². The van der Waals surface area contributed by atoms with Gasteiger partial charge in [0.05, 0.1) is 35.2 Å². The van der Waals surface area contributed by atoms with E-state index in [4.69, 9.17) is 24.2 Å². The molecule has 8 rings (SSSR count). The second-order valence-electron chi connectivity index (χ2n) is 14.5. The van der Waals surface area contributed by atoms with Gasteiger partial charge in [-0.05, 0) is 71.5 Å². The zero-order chi connectivity index (χ0) is 43.0. The van der Waals surface area contributed by atoms with Gasteiger partial charge < -0.3 is 23.3 Å². The van der Waals surface area contributed by atoms with Gasteiger partial charge in [-0.3, -0.25) is 14.9 Å². The van der Waals surface area contributed by atoms with Crippen molar-refractivity contribution in [3.05, 3.63) is 125 Å². The van der Waals surface area contributed by atoms with Crippen molar-refractivity contribution < 1.29 is 28.6 Å². The molecule has 17 heteroatoms. The van der Waals surface area contributed by atoms with Crippen molar-refractivity contribution in [2.24, 2.45) is 7.05 Å². The fraction of sp³-hybridized carbons (Fsp3) is 0.289. The Bertz CT molecular complexity index is 2680. The molecular weight excluding hydrogens is 827 g/mol. The second kappa shape index (κ2) is 19.5. The van der Waals surface area contributed by atoms with Gasteiger partial charge in [-0.25, -0.2) is 14.8 Å². The molecular formula is C45H45N9O6S2. The van der Waals surface area contributed by atoms with Crippen LogP contribution in [0.5, 0.6) is 11.5 Å². The Hall–Kier alpha value is -6.46. The summed E-state index contributed by atoms with van der Waals surface area (Å²) in [4.78, 5) is 46.7. The maximum Gasteiger partial charge on any atom is 0.356 e. The Balaban J connectivity index is 0.878. The number of aromatic nitrogens is 8. The molecule has 3 aromatic heterocycles. The molecule has 1 unspecified atom stereocenters. The van der Waals surface area contributed by atoms with E-state index in [2.05, 4.69) is 57.1 Å². The molecule has 4 aromatic carbocycles. The van der Waals surface area contributed by atoms with E-state index in [1.54, 1.807) is 11.8 Å². The number of benzene rings is 4. The number of carbonyl (C=O) groups is 3. The van der Waals surface area contributed by atoms with Crippen LogP contribution in [0.1, 0.15) is 59.2 Å². The lowest BCUT2D eigenvalue weighted by molar-refractivity contribution is -0.118. The number of imide groups is 1. The zero-order valence-electron chi connectivity index (χ0n) is 34.5. The minimum absolute atomic E-state index is 0.251. The summed E-state index contributed by atoms with van der Waals surface area (Å²) in [5.74, 6) is 4.12. The summed E-state index contributed by atoms with van der Waals surface area (Å²) in [5.41, 5.74) is 7.81. The van der Waals surface area contributed by atoms with Gasteiger partial charge in [0, 0.05) is 43.1 Å². The molecule has 2 N–H and O–H groups in total. The molecule has 0 saturated carbocycles. The predicted molar refractivity (Wildman–Crippen MR) is 238 cm³/mol. The van der Waals surface area contributed by atoms with Crippen LogP contribution in [0.2, 0.25) is 0 Å². The lowest BCUT2D eigenvalue weighted by atomic mass is 9.98. The first-order valence-electron chi connectivity index (χ1n) is 20.3. The number of fused-ring (bicyclic) bond motifs is 1. The molecule has 0 bridgehead atoms. The fourth-order valence-corrected chi connectivity index (χ4v) is 8.88. The quantitative estimate of drug-likeness (QED) is 0.0600. The number of imidazole rings is 2. The van der Waals surface area contributed by atoms with Gasteiger partial charge in [0.15, 0.2) is 5.69 Å². The number of tetrazole rings is 1. The van der Waals surface area contributed by atoms with E-state index in [1.165, 1.54) is 0 Å². The smallest absolute Gasteiger partial charge is 0.356 e. The molecule has 1 aliphatic heterocycles. The van der Waals surface area contributed by atoms with E-state index < -0.39 is 5.25 Å². The van der Waals surface area contributed by atoms with Gasteiger partial charge in [0.25, 0.3) is 5.24 Å². The third-order valence-corrected chi connectivity index (χ3v) is 12.3. The van der Waals surface area contributed by atoms with Gasteiger partial charge in [-0.1, -0.05) is 79.3 Å². The number of nitrogens with one attached hydrogen (secondary N) is 2. The average Bonchev–Trinajstić information content (AvgIpc) is 4.07. The third kappa shape index (κ3) is 9.68. The Morgan fingerprint density at radius 2 is 1.66 bits per heavy atom. The summed E-state index contributed by atoms with van der Waals surface area (Å²) < 4.78 is 21.8. The number of ether oxygens (including phenoxy) is 3. The van der Waals surface area contributed by atoms with Gasteiger partial charge >= 0.3 is 5.97 Å².